The van der Waals surface area contributed by atoms with E-state index in [2.05, 4.69) is 23.7 Å². The monoisotopic (exact) mass is 253 g/mol. The molecule has 0 fully saturated rings. The molecule has 0 aliphatic heterocycles. The van der Waals surface area contributed by atoms with Crippen molar-refractivity contribution in [2.24, 2.45) is 11.5 Å². The minimum Gasteiger partial charge on any atom is -1.00 e. The third kappa shape index (κ3) is 171. The van der Waals surface area contributed by atoms with Crippen molar-refractivity contribution in [3.8, 4) is 0 Å². The van der Waals surface area contributed by atoms with Gasteiger partial charge in [-0.3, -0.25) is 0 Å². The molecule has 0 aromatic heterocycles. The molecule has 0 amide bonds. The summed E-state index contributed by atoms with van der Waals surface area (Å²) in [5, 5.41) is 0.000000000000000222. The van der Waals surface area contributed by atoms with Crippen molar-refractivity contribution >= 4 is 47.6 Å². The predicted octanol–water partition coefficient (Wildman–Crippen LogP) is -4.51. The van der Waals surface area contributed by atoms with Crippen LogP contribution in [0.3, 0.4) is 0 Å². The Morgan fingerprint density at radius 3 is 1.20 bits per heavy atom. The van der Waals surface area contributed by atoms with E-state index in [9.17, 15) is 0 Å². The zero-order valence-corrected chi connectivity index (χ0v) is 9.74. The zero-order chi connectivity index (χ0) is 7.15. The average Bonchev–Trinajstić information content (AvgIpc) is 1.25. The Hall–Kier alpha value is 2.27. The van der Waals surface area contributed by atoms with E-state index in [-0.39, 0.29) is 45.7 Å². The van der Waals surface area contributed by atoms with Gasteiger partial charge < -0.3 is 14.3 Å². The molecular formula is CH6Cl3FeLi2N2S. The van der Waals surface area contributed by atoms with Gasteiger partial charge in [0.2, 0.25) is 0 Å². The molecule has 2 nitrogen and oxygen atoms in total. The average molecular weight is 254 g/mol. The van der Waals surface area contributed by atoms with Gasteiger partial charge in [-0.15, -0.1) is 0 Å². The third-order valence-electron chi connectivity index (χ3n) is 0. The molecular weight excluding hydrogens is 248 g/mol. The summed E-state index contributed by atoms with van der Waals surface area (Å²) in [6.45, 7) is 0. The predicted molar refractivity (Wildman–Crippen MR) is 40.8 cm³/mol. The van der Waals surface area contributed by atoms with Crippen molar-refractivity contribution in [1.82, 2.24) is 0 Å². The number of nitrogens with two attached hydrogens (primary N) is 2. The van der Waals surface area contributed by atoms with Gasteiger partial charge >= 0.3 is 79.2 Å². The maximum absolute atomic E-state index is 4.89. The Morgan fingerprint density at radius 1 is 1.20 bits per heavy atom. The second-order valence-electron chi connectivity index (χ2n) is 0.554. The first-order valence-corrected chi connectivity index (χ1v) is 6.15. The molecule has 0 atom stereocenters. The minimum atomic E-state index is -1.33. The fraction of sp³-hybridized carbons (Fsp3) is 0. The second-order valence-corrected chi connectivity index (χ2v) is 6.50. The maximum atomic E-state index is 4.89. The number of halogens is 3. The quantitative estimate of drug-likeness (QED) is 0.338. The van der Waals surface area contributed by atoms with Crippen LogP contribution in [0.15, 0.2) is 0 Å². The van der Waals surface area contributed by atoms with E-state index in [1.54, 1.807) is 0 Å². The van der Waals surface area contributed by atoms with Gasteiger partial charge in [0.15, 0.2) is 5.11 Å². The second kappa shape index (κ2) is 17.4. The van der Waals surface area contributed by atoms with E-state index in [1.807, 2.05) is 0 Å². The molecule has 0 aromatic carbocycles. The summed E-state index contributed by atoms with van der Waals surface area (Å²) in [7, 11) is 14.7. The number of hydrogen-bond donors (Lipinski definition) is 2. The first-order chi connectivity index (χ1) is 3.46. The van der Waals surface area contributed by atoms with Crippen LogP contribution in [0.1, 0.15) is 2.85 Å². The molecule has 0 bridgehead atoms. The first-order valence-electron chi connectivity index (χ1n) is 1.18. The van der Waals surface area contributed by atoms with Gasteiger partial charge in [-0.2, -0.15) is 0 Å². The molecule has 0 saturated heterocycles. The topological polar surface area (TPSA) is 52.0 Å². The van der Waals surface area contributed by atoms with Crippen molar-refractivity contribution in [1.29, 1.82) is 0 Å². The molecule has 0 saturated carbocycles. The molecule has 0 unspecified atom stereocenters. The van der Waals surface area contributed by atoms with Crippen LogP contribution in [-0.2, 0) is 11.2 Å². The van der Waals surface area contributed by atoms with Gasteiger partial charge in [0.1, 0.15) is 0 Å². The van der Waals surface area contributed by atoms with E-state index in [0.29, 0.717) is 0 Å². The minimum absolute atomic E-state index is 0. The smallest absolute Gasteiger partial charge is 1.00 e. The largest absolute Gasteiger partial charge is 1.00 e. The van der Waals surface area contributed by atoms with Gasteiger partial charge in [-0.05, 0) is 12.2 Å². The summed E-state index contributed by atoms with van der Waals surface area (Å²) in [5.41, 5.74) is 9.24. The Labute approximate surface area is 110 Å². The molecule has 0 aliphatic rings. The fourth-order valence-corrected chi connectivity index (χ4v) is 0. The molecule has 57 valence electrons. The Bertz CT molecular complexity index is 76.6. The van der Waals surface area contributed by atoms with Crippen LogP contribution in [0.5, 0.6) is 0 Å². The fourth-order valence-electron chi connectivity index (χ4n) is 0. The van der Waals surface area contributed by atoms with E-state index < -0.39 is 11.2 Å². The molecule has 9 heteroatoms. The van der Waals surface area contributed by atoms with Crippen LogP contribution < -0.4 is 49.2 Å². The normalized spacial score (nSPS) is 6.90. The molecule has 4 N–H and O–H groups in total. The van der Waals surface area contributed by atoms with Gasteiger partial charge in [-0.1, -0.05) is 0 Å². The zero-order valence-electron chi connectivity index (χ0n) is 7.55. The van der Waals surface area contributed by atoms with Crippen molar-refractivity contribution in [3.63, 3.8) is 0 Å². The van der Waals surface area contributed by atoms with Gasteiger partial charge in [0.05, 0.1) is 0 Å². The van der Waals surface area contributed by atoms with Crippen molar-refractivity contribution in [3.05, 3.63) is 0 Å². The van der Waals surface area contributed by atoms with Crippen molar-refractivity contribution in [2.75, 3.05) is 0 Å². The third-order valence-corrected chi connectivity index (χ3v) is 0. The van der Waals surface area contributed by atoms with Crippen LogP contribution in [0.4, 0.5) is 0 Å². The van der Waals surface area contributed by atoms with Crippen molar-refractivity contribution in [2.45, 2.75) is 0 Å². The summed E-state index contributed by atoms with van der Waals surface area (Å²) < 4.78 is 0. The van der Waals surface area contributed by atoms with E-state index >= 15 is 0 Å². The van der Waals surface area contributed by atoms with Crippen LogP contribution in [0, 0.1) is 0 Å². The molecule has 0 spiro atoms. The van der Waals surface area contributed by atoms with Crippen LogP contribution in [-0.4, -0.2) is 5.11 Å². The summed E-state index contributed by atoms with van der Waals surface area (Å²) in [5.74, 6) is 0. The van der Waals surface area contributed by atoms with Gasteiger partial charge in [0.25, 0.3) is 0 Å². The molecule has 0 radical (unpaired) electrons. The number of hydrogen-bond acceptors (Lipinski definition) is 1. The SMILES string of the molecule is NC(N)=S.[Cl][Fe]([Cl])[Cl].[H-].[H-].[Li+].[Li+]. The molecule has 0 aromatic rings. The Kier molecular flexibility index (Phi) is 39.6. The summed E-state index contributed by atoms with van der Waals surface area (Å²) >= 11 is 2.76. The summed E-state index contributed by atoms with van der Waals surface area (Å²) in [6.07, 6.45) is 0. The number of rotatable bonds is 0. The Balaban J connectivity index is -0.0000000112. The van der Waals surface area contributed by atoms with E-state index in [4.69, 9.17) is 30.3 Å². The van der Waals surface area contributed by atoms with Crippen LogP contribution in [0.25, 0.3) is 0 Å². The van der Waals surface area contributed by atoms with E-state index in [0.717, 1.165) is 0 Å². The van der Waals surface area contributed by atoms with Gasteiger partial charge in [0, 0.05) is 0 Å². The molecule has 0 rings (SSSR count). The van der Waals surface area contributed by atoms with Crippen LogP contribution >= 0.6 is 42.5 Å². The van der Waals surface area contributed by atoms with Crippen LogP contribution in [0.2, 0.25) is 0 Å². The van der Waals surface area contributed by atoms with Gasteiger partial charge in [-0.25, -0.2) is 0 Å². The van der Waals surface area contributed by atoms with Crippen molar-refractivity contribution < 1.29 is 51.7 Å². The standard InChI is InChI=1S/CH4N2S.3ClH.Fe.2Li.2H/c2-1(3)4;;;;;;;;/h(H4,2,3,4);3*1H;;;;;/q;;;;+3;2*+1;2*-1/p-3. The Morgan fingerprint density at radius 2 is 1.20 bits per heavy atom. The van der Waals surface area contributed by atoms with E-state index in [1.165, 1.54) is 0 Å². The molecule has 0 heterocycles. The first kappa shape index (κ1) is 22.8. The maximum Gasteiger partial charge on any atom is 1.00 e. The molecule has 10 heavy (non-hydrogen) atoms. The summed E-state index contributed by atoms with van der Waals surface area (Å²) in [4.78, 5) is 0. The summed E-state index contributed by atoms with van der Waals surface area (Å²) in [6, 6.07) is 0. The molecule has 0 aliphatic carbocycles. The number of thiocarbonyl (C=S) groups is 1.